The number of Topliss-reactive ketones (excluding diaryl/α,β-unsaturated/α-hetero) is 1. The smallest absolute Gasteiger partial charge is 0.310 e. The Kier molecular flexibility index (Phi) is 4.35. The number of hydrogen-bond donors (Lipinski definition) is 1. The average Bonchev–Trinajstić information content (AvgIpc) is 3.01. The zero-order chi connectivity index (χ0) is 18.4. The lowest BCUT2D eigenvalue weighted by atomic mass is 9.67. The third kappa shape index (κ3) is 2.57. The van der Waals surface area contributed by atoms with Crippen LogP contribution >= 0.6 is 0 Å². The number of rotatable bonds is 2. The number of carbonyl (C=O) groups excluding carboxylic acids is 2. The van der Waals surface area contributed by atoms with Gasteiger partial charge in [-0.2, -0.15) is 0 Å². The largest absolute Gasteiger partial charge is 0.469 e. The molecule has 1 unspecified atom stereocenters. The van der Waals surface area contributed by atoms with Gasteiger partial charge in [0.2, 0.25) is 0 Å². The summed E-state index contributed by atoms with van der Waals surface area (Å²) in [4.78, 5) is 31.5. The summed E-state index contributed by atoms with van der Waals surface area (Å²) in [6.07, 6.45) is 2.05. The van der Waals surface area contributed by atoms with Gasteiger partial charge >= 0.3 is 5.97 Å². The van der Waals surface area contributed by atoms with E-state index in [1.54, 1.807) is 0 Å². The lowest BCUT2D eigenvalue weighted by Gasteiger charge is -2.47. The first-order valence-electron chi connectivity index (χ1n) is 9.46. The van der Waals surface area contributed by atoms with Crippen LogP contribution in [0.4, 0.5) is 0 Å². The summed E-state index contributed by atoms with van der Waals surface area (Å²) in [5.41, 5.74) is 2.77. The van der Waals surface area contributed by atoms with E-state index >= 15 is 0 Å². The molecule has 1 aromatic carbocycles. The Labute approximate surface area is 153 Å². The molecule has 0 saturated carbocycles. The predicted octanol–water partition coefficient (Wildman–Crippen LogP) is 3.04. The standard InChI is InChI=1S/C21H26N2O3/c1-4-12-11-23(2)17-9-15-13-7-5-6-8-16(13)22-20(15)18(24)10-14(12)19(17)21(25)26-3/h5-8,12,14,17,19,22H,4,9-11H2,1-3H3/t12-,14-,17-,19?/m1/s1. The summed E-state index contributed by atoms with van der Waals surface area (Å²) in [7, 11) is 3.55. The minimum Gasteiger partial charge on any atom is -0.469 e. The first kappa shape index (κ1) is 17.3. The van der Waals surface area contributed by atoms with Crippen LogP contribution in [0.3, 0.4) is 0 Å². The lowest BCUT2D eigenvalue weighted by Crippen LogP contribution is -2.56. The van der Waals surface area contributed by atoms with Crippen molar-refractivity contribution in [2.45, 2.75) is 32.2 Å². The van der Waals surface area contributed by atoms with Gasteiger partial charge in [-0.3, -0.25) is 9.59 Å². The molecule has 138 valence electrons. The molecule has 0 amide bonds. The Bertz CT molecular complexity index is 856. The maximum absolute atomic E-state index is 13.1. The number of likely N-dealkylation sites (N-methyl/N-ethyl adjacent to an activating group) is 1. The monoisotopic (exact) mass is 354 g/mol. The molecule has 4 atom stereocenters. The second kappa shape index (κ2) is 6.54. The Balaban J connectivity index is 1.88. The van der Waals surface area contributed by atoms with Crippen LogP contribution in [0.15, 0.2) is 24.3 Å². The number of ketones is 1. The van der Waals surface area contributed by atoms with E-state index in [1.165, 1.54) is 7.11 Å². The number of methoxy groups -OCH3 is 1. The van der Waals surface area contributed by atoms with Crippen LogP contribution < -0.4 is 0 Å². The summed E-state index contributed by atoms with van der Waals surface area (Å²) in [5, 5.41) is 1.09. The van der Waals surface area contributed by atoms with Gasteiger partial charge in [0.1, 0.15) is 0 Å². The number of para-hydroxylation sites is 1. The summed E-state index contributed by atoms with van der Waals surface area (Å²) >= 11 is 0. The molecule has 1 N–H and O–H groups in total. The van der Waals surface area contributed by atoms with Crippen LogP contribution in [-0.4, -0.2) is 48.4 Å². The number of piperidine rings is 1. The molecule has 1 fully saturated rings. The topological polar surface area (TPSA) is 62.4 Å². The number of hydrogen-bond acceptors (Lipinski definition) is 4. The van der Waals surface area contributed by atoms with Gasteiger partial charge in [-0.1, -0.05) is 31.5 Å². The van der Waals surface area contributed by atoms with Crippen LogP contribution in [0.1, 0.15) is 35.8 Å². The Morgan fingerprint density at radius 3 is 2.81 bits per heavy atom. The number of esters is 1. The molecular weight excluding hydrogens is 328 g/mol. The maximum Gasteiger partial charge on any atom is 0.310 e. The third-order valence-electron chi connectivity index (χ3n) is 6.49. The second-order valence-electron chi connectivity index (χ2n) is 7.74. The lowest BCUT2D eigenvalue weighted by molar-refractivity contribution is -0.154. The van der Waals surface area contributed by atoms with E-state index in [0.717, 1.165) is 35.1 Å². The van der Waals surface area contributed by atoms with Gasteiger partial charge in [-0.25, -0.2) is 0 Å². The number of aromatic nitrogens is 1. The molecule has 5 nitrogen and oxygen atoms in total. The van der Waals surface area contributed by atoms with Gasteiger partial charge in [0.15, 0.2) is 5.78 Å². The van der Waals surface area contributed by atoms with Crippen molar-refractivity contribution in [3.05, 3.63) is 35.5 Å². The zero-order valence-corrected chi connectivity index (χ0v) is 15.6. The molecule has 26 heavy (non-hydrogen) atoms. The number of aromatic amines is 1. The van der Waals surface area contributed by atoms with Crippen molar-refractivity contribution in [3.8, 4) is 0 Å². The first-order valence-corrected chi connectivity index (χ1v) is 9.46. The van der Waals surface area contributed by atoms with Crippen LogP contribution in [0.25, 0.3) is 10.9 Å². The Morgan fingerprint density at radius 2 is 2.08 bits per heavy atom. The summed E-state index contributed by atoms with van der Waals surface area (Å²) in [6.45, 7) is 3.06. The van der Waals surface area contributed by atoms with E-state index in [1.807, 2.05) is 18.2 Å². The number of nitrogens with zero attached hydrogens (tertiary/aromatic N) is 1. The number of H-pyrrole nitrogens is 1. The normalized spacial score (nSPS) is 29.1. The highest BCUT2D eigenvalue weighted by atomic mass is 16.5. The second-order valence-corrected chi connectivity index (χ2v) is 7.74. The third-order valence-corrected chi connectivity index (χ3v) is 6.49. The van der Waals surface area contributed by atoms with Crippen molar-refractivity contribution in [1.82, 2.24) is 9.88 Å². The maximum atomic E-state index is 13.1. The fourth-order valence-electron chi connectivity index (χ4n) is 5.15. The van der Waals surface area contributed by atoms with Gasteiger partial charge in [0, 0.05) is 29.9 Å². The minimum absolute atomic E-state index is 0.0423. The van der Waals surface area contributed by atoms with Gasteiger partial charge in [0.25, 0.3) is 0 Å². The number of likely N-dealkylation sites (tertiary alicyclic amines) is 1. The van der Waals surface area contributed by atoms with Crippen LogP contribution in [0, 0.1) is 17.8 Å². The van der Waals surface area contributed by atoms with Gasteiger partial charge in [-0.05, 0) is 36.9 Å². The van der Waals surface area contributed by atoms with Crippen molar-refractivity contribution in [2.24, 2.45) is 17.8 Å². The van der Waals surface area contributed by atoms with Crippen molar-refractivity contribution in [3.63, 3.8) is 0 Å². The van der Waals surface area contributed by atoms with E-state index in [2.05, 4.69) is 29.9 Å². The van der Waals surface area contributed by atoms with E-state index in [9.17, 15) is 9.59 Å². The number of benzene rings is 1. The Morgan fingerprint density at radius 1 is 1.31 bits per heavy atom. The SMILES string of the molecule is CC[C@@H]1CN(C)[C@@H]2Cc3c([nH]c4ccccc34)C(=O)C[C@H]1C2C(=O)OC. The highest BCUT2D eigenvalue weighted by Crippen LogP contribution is 2.42. The van der Waals surface area contributed by atoms with Crippen LogP contribution in [-0.2, 0) is 16.0 Å². The number of fused-ring (bicyclic) bond motifs is 5. The molecule has 2 aromatic rings. The molecule has 0 spiro atoms. The fourth-order valence-corrected chi connectivity index (χ4v) is 5.15. The van der Waals surface area contributed by atoms with E-state index < -0.39 is 0 Å². The molecule has 1 aliphatic heterocycles. The molecule has 1 aliphatic carbocycles. The summed E-state index contributed by atoms with van der Waals surface area (Å²) < 4.78 is 5.17. The molecule has 5 heteroatoms. The molecule has 2 heterocycles. The molecule has 4 rings (SSSR count). The fraction of sp³-hybridized carbons (Fsp3) is 0.524. The summed E-state index contributed by atoms with van der Waals surface area (Å²) in [5.74, 6) is 0.0584. The molecule has 2 aliphatic rings. The van der Waals surface area contributed by atoms with Crippen LogP contribution in [0.5, 0.6) is 0 Å². The first-order chi connectivity index (χ1) is 12.5. The predicted molar refractivity (Wildman–Crippen MR) is 100 cm³/mol. The van der Waals surface area contributed by atoms with Crippen molar-refractivity contribution >= 4 is 22.7 Å². The van der Waals surface area contributed by atoms with E-state index in [0.29, 0.717) is 18.8 Å². The van der Waals surface area contributed by atoms with Gasteiger partial charge < -0.3 is 14.6 Å². The van der Waals surface area contributed by atoms with Crippen LogP contribution in [0.2, 0.25) is 0 Å². The highest BCUT2D eigenvalue weighted by Gasteiger charge is 2.48. The number of nitrogens with one attached hydrogen (secondary N) is 1. The molecule has 2 bridgehead atoms. The summed E-state index contributed by atoms with van der Waals surface area (Å²) in [6, 6.07) is 8.10. The quantitative estimate of drug-likeness (QED) is 0.842. The highest BCUT2D eigenvalue weighted by molar-refractivity contribution is 6.03. The van der Waals surface area contributed by atoms with Crippen molar-refractivity contribution < 1.29 is 14.3 Å². The zero-order valence-electron chi connectivity index (χ0n) is 15.6. The van der Waals surface area contributed by atoms with E-state index in [4.69, 9.17) is 4.74 Å². The van der Waals surface area contributed by atoms with Crippen molar-refractivity contribution in [2.75, 3.05) is 20.7 Å². The van der Waals surface area contributed by atoms with Crippen molar-refractivity contribution in [1.29, 1.82) is 0 Å². The van der Waals surface area contributed by atoms with Gasteiger partial charge in [0.05, 0.1) is 18.7 Å². The minimum atomic E-state index is -0.255. The average molecular weight is 354 g/mol. The number of ether oxygens (including phenoxy) is 1. The molecule has 0 radical (unpaired) electrons. The van der Waals surface area contributed by atoms with Gasteiger partial charge in [-0.15, -0.1) is 0 Å². The van der Waals surface area contributed by atoms with E-state index in [-0.39, 0.29) is 29.6 Å². The molecule has 1 saturated heterocycles. The molecule has 1 aromatic heterocycles. The Hall–Kier alpha value is -2.14. The number of carbonyl (C=O) groups is 2. The molecular formula is C21H26N2O3.